The summed E-state index contributed by atoms with van der Waals surface area (Å²) in [5.74, 6) is 0. The molecule has 0 aliphatic carbocycles. The van der Waals surface area contributed by atoms with Crippen LogP contribution in [-0.2, 0) is 13.1 Å². The minimum absolute atomic E-state index is 0.737. The maximum absolute atomic E-state index is 6.23. The number of rotatable bonds is 5. The highest BCUT2D eigenvalue weighted by molar-refractivity contribution is 6.34. The Hall–Kier alpha value is -1.68. The van der Waals surface area contributed by atoms with Gasteiger partial charge in [0.1, 0.15) is 0 Å². The molecule has 0 fully saturated rings. The van der Waals surface area contributed by atoms with Crippen molar-refractivity contribution in [2.45, 2.75) is 20.0 Å². The third-order valence-corrected chi connectivity index (χ3v) is 3.23. The van der Waals surface area contributed by atoms with Crippen LogP contribution in [0.3, 0.4) is 0 Å². The fourth-order valence-corrected chi connectivity index (χ4v) is 2.32. The molecule has 1 N–H and O–H groups in total. The summed E-state index contributed by atoms with van der Waals surface area (Å²) in [6.45, 7) is 3.70. The minimum atomic E-state index is 0.737. The van der Waals surface area contributed by atoms with Crippen LogP contribution in [0.5, 0.6) is 0 Å². The van der Waals surface area contributed by atoms with Gasteiger partial charge in [-0.25, -0.2) is 0 Å². The van der Waals surface area contributed by atoms with Gasteiger partial charge in [0.15, 0.2) is 0 Å². The maximum Gasteiger partial charge on any atom is 0.0786 e. The smallest absolute Gasteiger partial charge is 0.0786 e. The van der Waals surface area contributed by atoms with Gasteiger partial charge in [0, 0.05) is 38.9 Å². The minimum Gasteiger partial charge on any atom is -0.379 e. The number of hydrogen-bond donors (Lipinski definition) is 1. The van der Waals surface area contributed by atoms with E-state index >= 15 is 0 Å². The second-order valence-corrected chi connectivity index (χ2v) is 5.00. The zero-order chi connectivity index (χ0) is 13.8. The first-order valence-corrected chi connectivity index (χ1v) is 6.70. The first kappa shape index (κ1) is 13.7. The van der Waals surface area contributed by atoms with E-state index in [4.69, 9.17) is 11.6 Å². The van der Waals surface area contributed by atoms with Crippen LogP contribution in [0.25, 0.3) is 0 Å². The van der Waals surface area contributed by atoms with Crippen LogP contribution in [0.2, 0.25) is 5.02 Å². The van der Waals surface area contributed by atoms with Crippen molar-refractivity contribution in [3.8, 4) is 0 Å². The van der Waals surface area contributed by atoms with Gasteiger partial charge in [-0.3, -0.25) is 4.68 Å². The van der Waals surface area contributed by atoms with Gasteiger partial charge in [-0.05, 0) is 19.1 Å². The largest absolute Gasteiger partial charge is 0.379 e. The Balaban J connectivity index is 2.13. The fourth-order valence-electron chi connectivity index (χ4n) is 1.98. The van der Waals surface area contributed by atoms with Gasteiger partial charge in [-0.1, -0.05) is 17.7 Å². The average molecular weight is 279 g/mol. The topological polar surface area (TPSA) is 33.1 Å². The molecule has 0 saturated heterocycles. The van der Waals surface area contributed by atoms with Crippen LogP contribution in [0.1, 0.15) is 12.5 Å². The molecule has 1 aromatic carbocycles. The van der Waals surface area contributed by atoms with E-state index in [9.17, 15) is 0 Å². The van der Waals surface area contributed by atoms with Crippen LogP contribution in [0, 0.1) is 0 Å². The number of para-hydroxylation sites is 1. The Kier molecular flexibility index (Phi) is 4.32. The second kappa shape index (κ2) is 5.97. The first-order chi connectivity index (χ1) is 9.11. The van der Waals surface area contributed by atoms with Crippen LogP contribution in [0.4, 0.5) is 11.4 Å². The van der Waals surface area contributed by atoms with Crippen LogP contribution < -0.4 is 10.2 Å². The lowest BCUT2D eigenvalue weighted by molar-refractivity contribution is 0.659. The van der Waals surface area contributed by atoms with Gasteiger partial charge < -0.3 is 10.2 Å². The summed E-state index contributed by atoms with van der Waals surface area (Å²) in [6.07, 6.45) is 3.93. The molecule has 2 aromatic rings. The molecule has 0 aliphatic heterocycles. The first-order valence-electron chi connectivity index (χ1n) is 6.33. The summed E-state index contributed by atoms with van der Waals surface area (Å²) in [5.41, 5.74) is 3.19. The summed E-state index contributed by atoms with van der Waals surface area (Å²) in [7, 11) is 3.98. The van der Waals surface area contributed by atoms with Crippen LogP contribution in [0.15, 0.2) is 30.6 Å². The van der Waals surface area contributed by atoms with E-state index in [1.165, 1.54) is 0 Å². The zero-order valence-electron chi connectivity index (χ0n) is 11.5. The van der Waals surface area contributed by atoms with Gasteiger partial charge in [-0.2, -0.15) is 5.10 Å². The average Bonchev–Trinajstić information content (AvgIpc) is 2.83. The lowest BCUT2D eigenvalue weighted by atomic mass is 10.2. The number of hydrogen-bond acceptors (Lipinski definition) is 3. The van der Waals surface area contributed by atoms with Crippen molar-refractivity contribution in [1.82, 2.24) is 9.78 Å². The number of halogens is 1. The molecule has 1 heterocycles. The maximum atomic E-state index is 6.23. The Morgan fingerprint density at radius 2 is 2.16 bits per heavy atom. The van der Waals surface area contributed by atoms with Crippen molar-refractivity contribution in [3.63, 3.8) is 0 Å². The summed E-state index contributed by atoms with van der Waals surface area (Å²) in [4.78, 5) is 2.01. The van der Waals surface area contributed by atoms with Crippen LogP contribution >= 0.6 is 11.6 Å². The van der Waals surface area contributed by atoms with Crippen molar-refractivity contribution in [2.75, 3.05) is 24.3 Å². The van der Waals surface area contributed by atoms with Crippen molar-refractivity contribution in [2.24, 2.45) is 0 Å². The van der Waals surface area contributed by atoms with Crippen molar-refractivity contribution in [1.29, 1.82) is 0 Å². The molecule has 102 valence electrons. The SMILES string of the molecule is CCn1cc(CNc2cccc(Cl)c2N(C)C)cn1. The normalized spacial score (nSPS) is 10.5. The van der Waals surface area contributed by atoms with Gasteiger partial charge >= 0.3 is 0 Å². The van der Waals surface area contributed by atoms with Gasteiger partial charge in [0.05, 0.1) is 22.6 Å². The highest BCUT2D eigenvalue weighted by Gasteiger charge is 2.08. The molecule has 5 heteroatoms. The summed E-state index contributed by atoms with van der Waals surface area (Å²) >= 11 is 6.23. The highest BCUT2D eigenvalue weighted by Crippen LogP contribution is 2.32. The third-order valence-electron chi connectivity index (χ3n) is 2.93. The molecule has 0 aliphatic rings. The monoisotopic (exact) mass is 278 g/mol. The number of aromatic nitrogens is 2. The molecule has 0 atom stereocenters. The molecule has 4 nitrogen and oxygen atoms in total. The summed E-state index contributed by atoms with van der Waals surface area (Å²) in [6, 6.07) is 5.88. The van der Waals surface area contributed by atoms with Gasteiger partial charge in [0.2, 0.25) is 0 Å². The number of nitrogens with one attached hydrogen (secondary N) is 1. The molecule has 0 unspecified atom stereocenters. The van der Waals surface area contributed by atoms with Gasteiger partial charge in [0.25, 0.3) is 0 Å². The van der Waals surface area contributed by atoms with E-state index in [0.29, 0.717) is 0 Å². The molecular weight excluding hydrogens is 260 g/mol. The Bertz CT molecular complexity index is 548. The number of benzene rings is 1. The molecular formula is C14H19ClN4. The van der Waals surface area contributed by atoms with E-state index in [1.807, 2.05) is 54.3 Å². The number of aryl methyl sites for hydroxylation is 1. The standard InChI is InChI=1S/C14H19ClN4/c1-4-19-10-11(9-17-19)8-16-13-7-5-6-12(15)14(13)18(2)3/h5-7,9-10,16H,4,8H2,1-3H3. The predicted octanol–water partition coefficient (Wildman–Crippen LogP) is 3.23. The van der Waals surface area contributed by atoms with Crippen molar-refractivity contribution >= 4 is 23.0 Å². The van der Waals surface area contributed by atoms with Gasteiger partial charge in [-0.15, -0.1) is 0 Å². The zero-order valence-corrected chi connectivity index (χ0v) is 12.3. The van der Waals surface area contributed by atoms with Crippen molar-refractivity contribution in [3.05, 3.63) is 41.2 Å². The Labute approximate surface area is 119 Å². The lowest BCUT2D eigenvalue weighted by Gasteiger charge is -2.19. The van der Waals surface area contributed by atoms with E-state index in [1.54, 1.807) is 0 Å². The molecule has 0 amide bonds. The molecule has 0 bridgehead atoms. The van der Waals surface area contributed by atoms with Crippen LogP contribution in [-0.4, -0.2) is 23.9 Å². The van der Waals surface area contributed by atoms with E-state index in [-0.39, 0.29) is 0 Å². The van der Waals surface area contributed by atoms with Crippen molar-refractivity contribution < 1.29 is 0 Å². The summed E-state index contributed by atoms with van der Waals surface area (Å²) in [5, 5.41) is 8.42. The lowest BCUT2D eigenvalue weighted by Crippen LogP contribution is -2.12. The molecule has 19 heavy (non-hydrogen) atoms. The molecule has 0 spiro atoms. The predicted molar refractivity (Wildman–Crippen MR) is 81.0 cm³/mol. The van der Waals surface area contributed by atoms with E-state index < -0.39 is 0 Å². The molecule has 1 aromatic heterocycles. The van der Waals surface area contributed by atoms with E-state index in [2.05, 4.69) is 17.3 Å². The Morgan fingerprint density at radius 3 is 2.79 bits per heavy atom. The third kappa shape index (κ3) is 3.20. The quantitative estimate of drug-likeness (QED) is 0.911. The summed E-state index contributed by atoms with van der Waals surface area (Å²) < 4.78 is 1.92. The second-order valence-electron chi connectivity index (χ2n) is 4.59. The van der Waals surface area contributed by atoms with E-state index in [0.717, 1.165) is 35.1 Å². The highest BCUT2D eigenvalue weighted by atomic mass is 35.5. The molecule has 0 saturated carbocycles. The fraction of sp³-hybridized carbons (Fsp3) is 0.357. The number of anilines is 2. The molecule has 2 rings (SSSR count). The molecule has 0 radical (unpaired) electrons. The Morgan fingerprint density at radius 1 is 1.37 bits per heavy atom. The number of nitrogens with zero attached hydrogens (tertiary/aromatic N) is 3.